The van der Waals surface area contributed by atoms with Gasteiger partial charge in [-0.05, 0) is 42.3 Å². The Morgan fingerprint density at radius 3 is 2.70 bits per heavy atom. The fraction of sp³-hybridized carbons (Fsp3) is 0.333. The average molecular weight is 420 g/mol. The number of hydrogen-bond donors (Lipinski definition) is 1. The van der Waals surface area contributed by atoms with Crippen molar-refractivity contribution in [3.8, 4) is 11.5 Å². The molecule has 1 aliphatic heterocycles. The van der Waals surface area contributed by atoms with E-state index >= 15 is 0 Å². The van der Waals surface area contributed by atoms with Crippen molar-refractivity contribution in [3.63, 3.8) is 0 Å². The molecule has 27 heavy (non-hydrogen) atoms. The molecule has 148 valence electrons. The third-order valence-corrected chi connectivity index (χ3v) is 6.06. The van der Waals surface area contributed by atoms with Gasteiger partial charge in [0, 0.05) is 18.7 Å². The first-order chi connectivity index (χ1) is 12.4. The third kappa shape index (κ3) is 4.88. The van der Waals surface area contributed by atoms with Crippen molar-refractivity contribution in [3.05, 3.63) is 53.6 Å². The number of halogens is 3. The lowest BCUT2D eigenvalue weighted by atomic mass is 10.0. The molecule has 2 aromatic carbocycles. The van der Waals surface area contributed by atoms with E-state index in [1.54, 1.807) is 18.2 Å². The maximum Gasteiger partial charge on any atom is 0.178 e. The Morgan fingerprint density at radius 2 is 1.96 bits per heavy atom. The van der Waals surface area contributed by atoms with E-state index in [-0.39, 0.29) is 36.6 Å². The molecule has 1 unspecified atom stereocenters. The Labute approximate surface area is 163 Å². The summed E-state index contributed by atoms with van der Waals surface area (Å²) in [5.41, 5.74) is 0.646. The summed E-state index contributed by atoms with van der Waals surface area (Å²) < 4.78 is 61.6. The summed E-state index contributed by atoms with van der Waals surface area (Å²) in [5.74, 6) is -0.743. The van der Waals surface area contributed by atoms with Crippen LogP contribution in [0.2, 0.25) is 0 Å². The lowest BCUT2D eigenvalue weighted by Crippen LogP contribution is -2.32. The molecule has 0 saturated carbocycles. The maximum atomic E-state index is 13.5. The maximum absolute atomic E-state index is 13.5. The van der Waals surface area contributed by atoms with E-state index in [2.05, 4.69) is 5.32 Å². The van der Waals surface area contributed by atoms with Gasteiger partial charge in [0.05, 0.1) is 17.8 Å². The standard InChI is InChI=1S/C18H19F2NO4S.ClH/c1-24-13-3-5-18-14(11-13)16(6-9-26(18,22)23)21-7-8-25-17-10-12(19)2-4-15(17)20;/h2-5,10-11,16,21H,6-9H2,1H3;1H. The Bertz CT molecular complexity index is 908. The number of fused-ring (bicyclic) bond motifs is 1. The predicted octanol–water partition coefficient (Wildman–Crippen LogP) is 3.28. The summed E-state index contributed by atoms with van der Waals surface area (Å²) in [6.07, 6.45) is 0.414. The van der Waals surface area contributed by atoms with Gasteiger partial charge in [-0.15, -0.1) is 12.4 Å². The normalized spacial score (nSPS) is 17.5. The Hall–Kier alpha value is -1.90. The van der Waals surface area contributed by atoms with E-state index in [4.69, 9.17) is 9.47 Å². The van der Waals surface area contributed by atoms with E-state index in [9.17, 15) is 17.2 Å². The first kappa shape index (κ1) is 21.4. The highest BCUT2D eigenvalue weighted by Gasteiger charge is 2.30. The van der Waals surface area contributed by atoms with E-state index in [1.807, 2.05) is 0 Å². The van der Waals surface area contributed by atoms with Crippen molar-refractivity contribution in [2.45, 2.75) is 17.4 Å². The molecule has 0 saturated heterocycles. The minimum absolute atomic E-state index is 0. The SMILES string of the molecule is COc1ccc2c(c1)C(NCCOc1cc(F)ccc1F)CCS2(=O)=O.Cl. The first-order valence-corrected chi connectivity index (χ1v) is 9.78. The van der Waals surface area contributed by atoms with Crippen LogP contribution in [0.5, 0.6) is 11.5 Å². The zero-order chi connectivity index (χ0) is 18.7. The predicted molar refractivity (Wildman–Crippen MR) is 99.5 cm³/mol. The van der Waals surface area contributed by atoms with Gasteiger partial charge in [-0.1, -0.05) is 0 Å². The van der Waals surface area contributed by atoms with Gasteiger partial charge in [-0.25, -0.2) is 17.2 Å². The van der Waals surface area contributed by atoms with Crippen molar-refractivity contribution in [2.24, 2.45) is 0 Å². The van der Waals surface area contributed by atoms with Crippen LogP contribution in [0.15, 0.2) is 41.3 Å². The van der Waals surface area contributed by atoms with Gasteiger partial charge in [0.2, 0.25) is 0 Å². The molecule has 0 spiro atoms. The van der Waals surface area contributed by atoms with E-state index in [0.717, 1.165) is 18.2 Å². The molecule has 0 aromatic heterocycles. The zero-order valence-corrected chi connectivity index (χ0v) is 16.2. The second-order valence-corrected chi connectivity index (χ2v) is 8.02. The monoisotopic (exact) mass is 419 g/mol. The lowest BCUT2D eigenvalue weighted by Gasteiger charge is -2.27. The number of sulfone groups is 1. The molecule has 0 bridgehead atoms. The number of methoxy groups -OCH3 is 1. The molecule has 3 rings (SSSR count). The number of hydrogen-bond acceptors (Lipinski definition) is 5. The summed E-state index contributed by atoms with van der Waals surface area (Å²) in [5, 5.41) is 3.21. The minimum Gasteiger partial charge on any atom is -0.497 e. The van der Waals surface area contributed by atoms with E-state index in [1.165, 1.54) is 7.11 Å². The van der Waals surface area contributed by atoms with Crippen LogP contribution in [0.3, 0.4) is 0 Å². The van der Waals surface area contributed by atoms with Crippen LogP contribution >= 0.6 is 12.4 Å². The fourth-order valence-corrected chi connectivity index (χ4v) is 4.54. The number of benzene rings is 2. The van der Waals surface area contributed by atoms with Crippen molar-refractivity contribution in [2.75, 3.05) is 26.0 Å². The lowest BCUT2D eigenvalue weighted by molar-refractivity contribution is 0.288. The van der Waals surface area contributed by atoms with Gasteiger partial charge >= 0.3 is 0 Å². The highest BCUT2D eigenvalue weighted by Crippen LogP contribution is 2.34. The van der Waals surface area contributed by atoms with Crippen molar-refractivity contribution in [1.82, 2.24) is 5.32 Å². The molecule has 1 N–H and O–H groups in total. The molecule has 5 nitrogen and oxygen atoms in total. The third-order valence-electron chi connectivity index (χ3n) is 4.25. The van der Waals surface area contributed by atoms with Crippen LogP contribution in [0.1, 0.15) is 18.0 Å². The molecule has 0 amide bonds. The van der Waals surface area contributed by atoms with Gasteiger partial charge in [0.1, 0.15) is 18.2 Å². The summed E-state index contributed by atoms with van der Waals surface area (Å²) in [4.78, 5) is 0.291. The second kappa shape index (κ2) is 8.86. The Balaban J connectivity index is 0.00000261. The van der Waals surface area contributed by atoms with Crippen LogP contribution in [-0.2, 0) is 9.84 Å². The minimum atomic E-state index is -3.30. The molecule has 0 radical (unpaired) electrons. The smallest absolute Gasteiger partial charge is 0.178 e. The second-order valence-electron chi connectivity index (χ2n) is 5.94. The van der Waals surface area contributed by atoms with Gasteiger partial charge in [0.25, 0.3) is 0 Å². The highest BCUT2D eigenvalue weighted by atomic mass is 35.5. The molecule has 2 aromatic rings. The van der Waals surface area contributed by atoms with Crippen LogP contribution < -0.4 is 14.8 Å². The fourth-order valence-electron chi connectivity index (χ4n) is 2.94. The Kier molecular flexibility index (Phi) is 7.02. The summed E-state index contributed by atoms with van der Waals surface area (Å²) >= 11 is 0. The molecule has 9 heteroatoms. The molecular weight excluding hydrogens is 400 g/mol. The summed E-state index contributed by atoms with van der Waals surface area (Å²) in [7, 11) is -1.79. The molecule has 0 aliphatic carbocycles. The molecule has 1 aliphatic rings. The van der Waals surface area contributed by atoms with Gasteiger partial charge in [-0.3, -0.25) is 0 Å². The average Bonchev–Trinajstić information content (AvgIpc) is 2.62. The Morgan fingerprint density at radius 1 is 1.19 bits per heavy atom. The quantitative estimate of drug-likeness (QED) is 0.728. The number of nitrogens with one attached hydrogen (secondary N) is 1. The van der Waals surface area contributed by atoms with Crippen LogP contribution in [-0.4, -0.2) is 34.4 Å². The van der Waals surface area contributed by atoms with Crippen molar-refractivity contribution >= 4 is 22.2 Å². The van der Waals surface area contributed by atoms with Gasteiger partial charge in [-0.2, -0.15) is 0 Å². The van der Waals surface area contributed by atoms with Gasteiger partial charge < -0.3 is 14.8 Å². The van der Waals surface area contributed by atoms with Crippen molar-refractivity contribution < 1.29 is 26.7 Å². The van der Waals surface area contributed by atoms with E-state index < -0.39 is 21.5 Å². The first-order valence-electron chi connectivity index (χ1n) is 8.12. The zero-order valence-electron chi connectivity index (χ0n) is 14.6. The van der Waals surface area contributed by atoms with Crippen LogP contribution in [0.25, 0.3) is 0 Å². The number of ether oxygens (including phenoxy) is 2. The molecule has 1 heterocycles. The van der Waals surface area contributed by atoms with E-state index in [0.29, 0.717) is 29.2 Å². The summed E-state index contributed by atoms with van der Waals surface area (Å²) in [6.45, 7) is 0.459. The molecule has 0 fully saturated rings. The van der Waals surface area contributed by atoms with Crippen molar-refractivity contribution in [1.29, 1.82) is 0 Å². The molecular formula is C18H20ClF2NO4S. The van der Waals surface area contributed by atoms with Crippen LogP contribution in [0, 0.1) is 11.6 Å². The largest absolute Gasteiger partial charge is 0.497 e. The van der Waals surface area contributed by atoms with Crippen LogP contribution in [0.4, 0.5) is 8.78 Å². The summed E-state index contributed by atoms with van der Waals surface area (Å²) in [6, 6.07) is 7.70. The topological polar surface area (TPSA) is 64.6 Å². The molecule has 1 atom stereocenters. The number of rotatable bonds is 6. The van der Waals surface area contributed by atoms with Gasteiger partial charge in [0.15, 0.2) is 21.4 Å². The highest BCUT2D eigenvalue weighted by molar-refractivity contribution is 7.91.